The van der Waals surface area contributed by atoms with E-state index >= 15 is 0 Å². The maximum absolute atomic E-state index is 12.9. The molecule has 35 heavy (non-hydrogen) atoms. The molecule has 0 aromatic heterocycles. The van der Waals surface area contributed by atoms with Gasteiger partial charge in [-0.15, -0.1) is 0 Å². The molecule has 2 N–H and O–H groups in total. The summed E-state index contributed by atoms with van der Waals surface area (Å²) in [5.41, 5.74) is 3.33. The number of carbonyl (C=O) groups is 2. The van der Waals surface area contributed by atoms with Gasteiger partial charge in [0.2, 0.25) is 0 Å². The highest BCUT2D eigenvalue weighted by Crippen LogP contribution is 2.28. The van der Waals surface area contributed by atoms with Gasteiger partial charge >= 0.3 is 6.03 Å². The maximum Gasteiger partial charge on any atom is 0.321 e. The van der Waals surface area contributed by atoms with Crippen molar-refractivity contribution in [1.82, 2.24) is 10.2 Å². The fourth-order valence-electron chi connectivity index (χ4n) is 4.33. The first-order chi connectivity index (χ1) is 17.0. The Balaban J connectivity index is 1.38. The minimum atomic E-state index is -0.133. The van der Waals surface area contributed by atoms with Crippen LogP contribution >= 0.6 is 11.6 Å². The highest BCUT2D eigenvalue weighted by Gasteiger charge is 2.25. The van der Waals surface area contributed by atoms with Crippen molar-refractivity contribution >= 4 is 29.2 Å². The van der Waals surface area contributed by atoms with Gasteiger partial charge in [-0.3, -0.25) is 4.79 Å². The van der Waals surface area contributed by atoms with Crippen LogP contribution in [0.15, 0.2) is 72.8 Å². The Kier molecular flexibility index (Phi) is 8.27. The Morgan fingerprint density at radius 2 is 1.86 bits per heavy atom. The van der Waals surface area contributed by atoms with Crippen LogP contribution in [0.2, 0.25) is 5.02 Å². The van der Waals surface area contributed by atoms with E-state index in [2.05, 4.69) is 10.6 Å². The molecule has 0 unspecified atom stereocenters. The second kappa shape index (κ2) is 11.8. The van der Waals surface area contributed by atoms with E-state index < -0.39 is 0 Å². The summed E-state index contributed by atoms with van der Waals surface area (Å²) in [6.07, 6.45) is 1.88. The van der Waals surface area contributed by atoms with Crippen molar-refractivity contribution in [2.75, 3.05) is 25.0 Å². The fourth-order valence-corrected chi connectivity index (χ4v) is 4.45. The number of carbonyl (C=O) groups excluding carboxylic acids is 2. The molecule has 4 rings (SSSR count). The Hall–Kier alpha value is -3.51. The third kappa shape index (κ3) is 6.55. The molecule has 0 spiro atoms. The summed E-state index contributed by atoms with van der Waals surface area (Å²) < 4.78 is 5.65. The number of amides is 3. The van der Waals surface area contributed by atoms with Gasteiger partial charge in [-0.1, -0.05) is 41.9 Å². The van der Waals surface area contributed by atoms with Gasteiger partial charge in [0, 0.05) is 47.4 Å². The van der Waals surface area contributed by atoms with E-state index in [1.807, 2.05) is 60.4 Å². The van der Waals surface area contributed by atoms with E-state index in [9.17, 15) is 9.59 Å². The maximum atomic E-state index is 12.9. The number of ether oxygens (including phenoxy) is 1. The number of piperidine rings is 1. The highest BCUT2D eigenvalue weighted by molar-refractivity contribution is 6.30. The smallest absolute Gasteiger partial charge is 0.321 e. The number of halogens is 1. The lowest BCUT2D eigenvalue weighted by atomic mass is 9.89. The van der Waals surface area contributed by atoms with Crippen LogP contribution in [-0.4, -0.2) is 36.5 Å². The lowest BCUT2D eigenvalue weighted by molar-refractivity contribution is 0.0950. The minimum absolute atomic E-state index is 0.126. The van der Waals surface area contributed by atoms with Crippen LogP contribution in [0.5, 0.6) is 5.75 Å². The first-order valence-corrected chi connectivity index (χ1v) is 12.3. The van der Waals surface area contributed by atoms with Crippen LogP contribution in [0.25, 0.3) is 0 Å². The third-order valence-electron chi connectivity index (χ3n) is 6.14. The monoisotopic (exact) mass is 491 g/mol. The zero-order valence-electron chi connectivity index (χ0n) is 19.8. The van der Waals surface area contributed by atoms with Crippen molar-refractivity contribution in [3.63, 3.8) is 0 Å². The molecule has 6 nitrogen and oxygen atoms in total. The molecule has 3 aromatic carbocycles. The van der Waals surface area contributed by atoms with Crippen LogP contribution in [0, 0.1) is 0 Å². The van der Waals surface area contributed by atoms with Crippen molar-refractivity contribution in [2.45, 2.75) is 32.2 Å². The molecule has 3 aromatic rings. The molecule has 1 fully saturated rings. The Bertz CT molecular complexity index is 1170. The molecule has 0 aliphatic carbocycles. The first kappa shape index (κ1) is 24.6. The standard InChI is InChI=1S/C28H30ClN3O3/c1-2-35-26-11-4-3-7-22(26)18-30-27(33)21-9-5-8-20(17-21)23-10-6-16-32(19-23)28(34)31-25-14-12-24(29)13-15-25/h3-5,7-9,11-15,17,23H,2,6,10,16,18-19H2,1H3,(H,30,33)(H,31,34)/t23-/m0/s1. The lowest BCUT2D eigenvalue weighted by Crippen LogP contribution is -2.41. The summed E-state index contributed by atoms with van der Waals surface area (Å²) >= 11 is 5.93. The Morgan fingerprint density at radius 3 is 2.66 bits per heavy atom. The Morgan fingerprint density at radius 1 is 1.06 bits per heavy atom. The summed E-state index contributed by atoms with van der Waals surface area (Å²) in [5, 5.41) is 6.57. The summed E-state index contributed by atoms with van der Waals surface area (Å²) in [5.74, 6) is 0.820. The van der Waals surface area contributed by atoms with Gasteiger partial charge in [-0.25, -0.2) is 4.79 Å². The number of urea groups is 1. The largest absolute Gasteiger partial charge is 0.494 e. The van der Waals surface area contributed by atoms with Gasteiger partial charge in [-0.05, 0) is 67.8 Å². The van der Waals surface area contributed by atoms with Gasteiger partial charge in [-0.2, -0.15) is 0 Å². The molecule has 0 saturated carbocycles. The first-order valence-electron chi connectivity index (χ1n) is 11.9. The van der Waals surface area contributed by atoms with E-state index in [-0.39, 0.29) is 17.9 Å². The molecule has 1 saturated heterocycles. The van der Waals surface area contributed by atoms with E-state index in [4.69, 9.17) is 16.3 Å². The van der Waals surface area contributed by atoms with Crippen LogP contribution in [0.3, 0.4) is 0 Å². The lowest BCUT2D eigenvalue weighted by Gasteiger charge is -2.33. The molecule has 1 aliphatic rings. The van der Waals surface area contributed by atoms with Crippen molar-refractivity contribution in [3.05, 3.63) is 94.5 Å². The van der Waals surface area contributed by atoms with Crippen molar-refractivity contribution in [1.29, 1.82) is 0 Å². The zero-order chi connectivity index (χ0) is 24.6. The molecule has 1 atom stereocenters. The number of benzene rings is 3. The van der Waals surface area contributed by atoms with Gasteiger partial charge in [0.05, 0.1) is 6.61 Å². The molecule has 0 radical (unpaired) electrons. The number of nitrogens with zero attached hydrogens (tertiary/aromatic N) is 1. The zero-order valence-corrected chi connectivity index (χ0v) is 20.6. The van der Waals surface area contributed by atoms with Crippen molar-refractivity contribution in [2.24, 2.45) is 0 Å². The number of nitrogens with one attached hydrogen (secondary N) is 2. The molecule has 1 aliphatic heterocycles. The molecule has 182 valence electrons. The van der Waals surface area contributed by atoms with Gasteiger partial charge in [0.25, 0.3) is 5.91 Å². The molecular weight excluding hydrogens is 462 g/mol. The third-order valence-corrected chi connectivity index (χ3v) is 6.39. The fraction of sp³-hybridized carbons (Fsp3) is 0.286. The van der Waals surface area contributed by atoms with Crippen molar-refractivity contribution < 1.29 is 14.3 Å². The minimum Gasteiger partial charge on any atom is -0.494 e. The van der Waals surface area contributed by atoms with Crippen LogP contribution in [-0.2, 0) is 6.54 Å². The average molecular weight is 492 g/mol. The second-order valence-corrected chi connectivity index (χ2v) is 9.01. The van der Waals surface area contributed by atoms with Crippen molar-refractivity contribution in [3.8, 4) is 5.75 Å². The van der Waals surface area contributed by atoms with Crippen LogP contribution in [0.4, 0.5) is 10.5 Å². The van der Waals surface area contributed by atoms with E-state index in [1.54, 1.807) is 24.3 Å². The van der Waals surface area contributed by atoms with Crippen LogP contribution < -0.4 is 15.4 Å². The number of hydrogen-bond acceptors (Lipinski definition) is 3. The highest BCUT2D eigenvalue weighted by atomic mass is 35.5. The number of anilines is 1. The summed E-state index contributed by atoms with van der Waals surface area (Å²) in [7, 11) is 0. The van der Waals surface area contributed by atoms with E-state index in [0.29, 0.717) is 42.5 Å². The second-order valence-electron chi connectivity index (χ2n) is 8.57. The van der Waals surface area contributed by atoms with Gasteiger partial charge in [0.15, 0.2) is 0 Å². The molecule has 3 amide bonds. The van der Waals surface area contributed by atoms with E-state index in [0.717, 1.165) is 29.7 Å². The molecule has 0 bridgehead atoms. The Labute approximate surface area is 211 Å². The molecule has 7 heteroatoms. The number of hydrogen-bond donors (Lipinski definition) is 2. The predicted octanol–water partition coefficient (Wildman–Crippen LogP) is 6.08. The summed E-state index contributed by atoms with van der Waals surface area (Å²) in [4.78, 5) is 27.5. The molecular formula is C28H30ClN3O3. The quantitative estimate of drug-likeness (QED) is 0.420. The number of likely N-dealkylation sites (tertiary alicyclic amines) is 1. The van der Waals surface area contributed by atoms with Gasteiger partial charge < -0.3 is 20.3 Å². The van der Waals surface area contributed by atoms with E-state index in [1.165, 1.54) is 0 Å². The summed E-state index contributed by atoms with van der Waals surface area (Å²) in [6, 6.07) is 22.4. The average Bonchev–Trinajstić information content (AvgIpc) is 2.89. The SMILES string of the molecule is CCOc1ccccc1CNC(=O)c1cccc([C@H]2CCCN(C(=O)Nc3ccc(Cl)cc3)C2)c1. The topological polar surface area (TPSA) is 70.7 Å². The predicted molar refractivity (Wildman–Crippen MR) is 139 cm³/mol. The number of rotatable bonds is 7. The molecule has 1 heterocycles. The number of para-hydroxylation sites is 1. The van der Waals surface area contributed by atoms with Gasteiger partial charge in [0.1, 0.15) is 5.75 Å². The summed E-state index contributed by atoms with van der Waals surface area (Å²) in [6.45, 7) is 4.21. The normalized spacial score (nSPS) is 15.4. The van der Waals surface area contributed by atoms with Crippen LogP contribution in [0.1, 0.15) is 47.2 Å².